The topological polar surface area (TPSA) is 89.5 Å². The van der Waals surface area contributed by atoms with Crippen LogP contribution in [0.25, 0.3) is 0 Å². The molecular weight excluding hydrogens is 1020 g/mol. The molecular formula is C74H128O8. The van der Waals surface area contributed by atoms with Crippen molar-refractivity contribution >= 4 is 11.6 Å². The Balaban J connectivity index is 2.09. The molecule has 0 saturated heterocycles. The molecule has 2 aromatic carbocycles. The van der Waals surface area contributed by atoms with Crippen LogP contribution in [0.2, 0.25) is 0 Å². The largest absolute Gasteiger partial charge is 0.490 e. The molecule has 2 aromatic rings. The zero-order valence-corrected chi connectivity index (χ0v) is 54.9. The fourth-order valence-electron chi connectivity index (χ4n) is 11.6. The van der Waals surface area contributed by atoms with Crippen molar-refractivity contribution in [2.75, 3.05) is 39.6 Å². The van der Waals surface area contributed by atoms with Gasteiger partial charge in [0.2, 0.25) is 11.5 Å². The van der Waals surface area contributed by atoms with Crippen LogP contribution >= 0.6 is 0 Å². The van der Waals surface area contributed by atoms with Crippen molar-refractivity contribution in [2.45, 2.75) is 338 Å². The van der Waals surface area contributed by atoms with Gasteiger partial charge in [0, 0.05) is 11.1 Å². The predicted molar refractivity (Wildman–Crippen MR) is 348 cm³/mol. The summed E-state index contributed by atoms with van der Waals surface area (Å²) in [6.07, 6.45) is 52.6. The van der Waals surface area contributed by atoms with Gasteiger partial charge in [0.15, 0.2) is 34.6 Å². The van der Waals surface area contributed by atoms with E-state index in [1.807, 2.05) is 0 Å². The molecule has 0 N–H and O–H groups in total. The third-order valence-electron chi connectivity index (χ3n) is 17.6. The van der Waals surface area contributed by atoms with Gasteiger partial charge in [-0.2, -0.15) is 0 Å². The number of rotatable bonds is 58. The van der Waals surface area contributed by atoms with E-state index in [1.165, 1.54) is 205 Å². The summed E-state index contributed by atoms with van der Waals surface area (Å²) in [6.45, 7) is 20.5. The van der Waals surface area contributed by atoms with Gasteiger partial charge in [0.25, 0.3) is 0 Å². The quantitative estimate of drug-likeness (QED) is 0.0517. The third-order valence-corrected chi connectivity index (χ3v) is 17.6. The Bertz CT molecular complexity index is 1760. The lowest BCUT2D eigenvalue weighted by Gasteiger charge is -2.28. The molecule has 0 unspecified atom stereocenters. The van der Waals surface area contributed by atoms with Crippen molar-refractivity contribution in [3.05, 3.63) is 34.4 Å². The first kappa shape index (κ1) is 72.8. The molecule has 0 aromatic heterocycles. The Kier molecular flexibility index (Phi) is 43.3. The minimum absolute atomic E-state index is 0.249. The average molecular weight is 1150 g/mol. The molecule has 8 heteroatoms. The van der Waals surface area contributed by atoms with E-state index in [1.54, 1.807) is 12.1 Å². The second-order valence-electron chi connectivity index (χ2n) is 24.7. The van der Waals surface area contributed by atoms with Crippen molar-refractivity contribution < 1.29 is 38.0 Å². The molecule has 82 heavy (non-hydrogen) atoms. The van der Waals surface area contributed by atoms with Crippen LogP contribution < -0.4 is 28.4 Å². The summed E-state index contributed by atoms with van der Waals surface area (Å²) in [7, 11) is 0. The molecule has 0 spiro atoms. The lowest BCUT2D eigenvalue weighted by molar-refractivity contribution is 0.0966. The summed E-state index contributed by atoms with van der Waals surface area (Å²) < 4.78 is 41.0. The number of unbranched alkanes of at least 4 members (excludes halogenated alkanes) is 36. The van der Waals surface area contributed by atoms with Gasteiger partial charge in [-0.15, -0.1) is 0 Å². The second-order valence-corrected chi connectivity index (χ2v) is 24.7. The molecule has 0 radical (unpaired) electrons. The lowest BCUT2D eigenvalue weighted by Crippen LogP contribution is -2.26. The maximum atomic E-state index is 15.7. The van der Waals surface area contributed by atoms with E-state index < -0.39 is 0 Å². The monoisotopic (exact) mass is 1140 g/mol. The highest BCUT2D eigenvalue weighted by atomic mass is 16.5. The minimum atomic E-state index is -0.286. The van der Waals surface area contributed by atoms with E-state index in [9.17, 15) is 0 Å². The van der Waals surface area contributed by atoms with Crippen molar-refractivity contribution in [3.8, 4) is 34.5 Å². The van der Waals surface area contributed by atoms with Crippen molar-refractivity contribution in [2.24, 2.45) is 11.8 Å². The summed E-state index contributed by atoms with van der Waals surface area (Å²) >= 11 is 0. The van der Waals surface area contributed by atoms with Crippen molar-refractivity contribution in [1.82, 2.24) is 0 Å². The van der Waals surface area contributed by atoms with Gasteiger partial charge < -0.3 is 28.4 Å². The first-order valence-corrected chi connectivity index (χ1v) is 35.6. The number of hydrogen-bond donors (Lipinski definition) is 0. The van der Waals surface area contributed by atoms with Crippen molar-refractivity contribution in [3.63, 3.8) is 0 Å². The van der Waals surface area contributed by atoms with Crippen LogP contribution in [0.4, 0.5) is 0 Å². The molecule has 0 fully saturated rings. The van der Waals surface area contributed by atoms with Gasteiger partial charge in [-0.1, -0.05) is 312 Å². The molecule has 0 saturated carbocycles. The third kappa shape index (κ3) is 29.1. The molecule has 1 aliphatic rings. The second kappa shape index (κ2) is 48.8. The summed E-state index contributed by atoms with van der Waals surface area (Å²) in [5.41, 5.74) is 1.04. The first-order chi connectivity index (χ1) is 40.3. The number of ketones is 2. The van der Waals surface area contributed by atoms with Gasteiger partial charge in [0.05, 0.1) is 50.8 Å². The van der Waals surface area contributed by atoms with Crippen LogP contribution in [0.5, 0.6) is 34.5 Å². The Morgan fingerprint density at radius 2 is 0.488 bits per heavy atom. The Hall–Kier alpha value is -3.42. The maximum absolute atomic E-state index is 15.7. The molecule has 0 aliphatic heterocycles. The normalized spacial score (nSPS) is 12.2. The van der Waals surface area contributed by atoms with Crippen LogP contribution in [0.15, 0.2) is 12.1 Å². The first-order valence-electron chi connectivity index (χ1n) is 35.6. The lowest BCUT2D eigenvalue weighted by atomic mass is 9.82. The highest BCUT2D eigenvalue weighted by Gasteiger charge is 2.41. The molecule has 0 atom stereocenters. The molecule has 472 valence electrons. The molecule has 3 rings (SSSR count). The minimum Gasteiger partial charge on any atom is -0.490 e. The van der Waals surface area contributed by atoms with Gasteiger partial charge >= 0.3 is 0 Å². The van der Waals surface area contributed by atoms with Gasteiger partial charge in [-0.3, -0.25) is 9.59 Å². The number of hydrogen-bond acceptors (Lipinski definition) is 8. The predicted octanol–water partition coefficient (Wildman–Crippen LogP) is 23.3. The SMILES string of the molecule is CCCCCCCCCCCCOc1cc2c(c(OCC(CC)CC)c1OCCCCCCCCCCCC)C(=O)c1cc(OCCCCCCCCCCCC)c(OCCCCCCCCCCCC)c(OCC(CC)CC)c1C2=O. The van der Waals surface area contributed by atoms with Crippen LogP contribution in [0, 0.1) is 11.8 Å². The highest BCUT2D eigenvalue weighted by Crippen LogP contribution is 2.51. The summed E-state index contributed by atoms with van der Waals surface area (Å²) in [5.74, 6) is 2.42. The summed E-state index contributed by atoms with van der Waals surface area (Å²) in [4.78, 5) is 31.5. The van der Waals surface area contributed by atoms with E-state index in [2.05, 4.69) is 55.4 Å². The molecule has 1 aliphatic carbocycles. The number of ether oxygens (including phenoxy) is 6. The average Bonchev–Trinajstić information content (AvgIpc) is 1.44. The molecule has 0 heterocycles. The van der Waals surface area contributed by atoms with Gasteiger partial charge in [0.1, 0.15) is 0 Å². The molecule has 0 bridgehead atoms. The zero-order valence-electron chi connectivity index (χ0n) is 54.9. The van der Waals surface area contributed by atoms with Crippen molar-refractivity contribution in [1.29, 1.82) is 0 Å². The fourth-order valence-corrected chi connectivity index (χ4v) is 11.6. The Morgan fingerprint density at radius 3 is 0.720 bits per heavy atom. The standard InChI is InChI=1S/C74H128O8/c1-9-17-21-25-29-33-37-41-45-49-53-77-65-57-63-67(73(81-59-61(13-5)14-6)71(65)79-55-51-47-43-39-35-31-27-23-19-11-3)70(76)64-58-66(78-54-50-46-42-38-34-30-26-22-18-10-2)72(74(68(64)69(63)75)82-60-62(15-7)16-8)80-56-52-48-44-40-36-32-28-24-20-12-4/h57-58,61-62H,9-56,59-60H2,1-8H3. The van der Waals surface area contributed by atoms with Gasteiger partial charge in [-0.25, -0.2) is 0 Å². The summed E-state index contributed by atoms with van der Waals surface area (Å²) in [6, 6.07) is 3.58. The molecule has 0 amide bonds. The van der Waals surface area contributed by atoms with Gasteiger partial charge in [-0.05, 0) is 49.7 Å². The molecule has 8 nitrogen and oxygen atoms in total. The Morgan fingerprint density at radius 1 is 0.268 bits per heavy atom. The smallest absolute Gasteiger partial charge is 0.204 e. The van der Waals surface area contributed by atoms with Crippen LogP contribution in [-0.4, -0.2) is 51.2 Å². The van der Waals surface area contributed by atoms with E-state index >= 15 is 9.59 Å². The van der Waals surface area contributed by atoms with E-state index in [-0.39, 0.29) is 45.7 Å². The number of benzene rings is 2. The van der Waals surface area contributed by atoms with E-state index in [0.29, 0.717) is 74.1 Å². The summed E-state index contributed by atoms with van der Waals surface area (Å²) in [5, 5.41) is 0. The van der Waals surface area contributed by atoms with Crippen LogP contribution in [0.3, 0.4) is 0 Å². The van der Waals surface area contributed by atoms with Crippen LogP contribution in [-0.2, 0) is 0 Å². The number of fused-ring (bicyclic) bond motifs is 2. The van der Waals surface area contributed by atoms with Crippen LogP contribution in [0.1, 0.15) is 370 Å². The Labute approximate surface area is 505 Å². The number of carbonyl (C=O) groups is 2. The number of carbonyl (C=O) groups excluding carboxylic acids is 2. The van der Waals surface area contributed by atoms with E-state index in [0.717, 1.165) is 77.0 Å². The fraction of sp³-hybridized carbons (Fsp3) is 0.811. The highest BCUT2D eigenvalue weighted by molar-refractivity contribution is 6.31. The zero-order chi connectivity index (χ0) is 59.1. The van der Waals surface area contributed by atoms with E-state index in [4.69, 9.17) is 28.4 Å². The maximum Gasteiger partial charge on any atom is 0.204 e.